The molecule has 0 amide bonds. The van der Waals surface area contributed by atoms with Gasteiger partial charge in [0.25, 0.3) is 0 Å². The van der Waals surface area contributed by atoms with E-state index in [1.165, 1.54) is 0 Å². The molecule has 2 N–H and O–H groups in total. The lowest BCUT2D eigenvalue weighted by molar-refractivity contribution is -0.133. The van der Waals surface area contributed by atoms with E-state index in [4.69, 9.17) is 10.2 Å². The summed E-state index contributed by atoms with van der Waals surface area (Å²) in [5.41, 5.74) is 0.124. The summed E-state index contributed by atoms with van der Waals surface area (Å²) in [7, 11) is 1.83. The summed E-state index contributed by atoms with van der Waals surface area (Å²) in [6.45, 7) is 1.06. The molecular formula is C7H11NO3. The number of rotatable bonds is 1. The Morgan fingerprint density at radius 1 is 1.64 bits per heavy atom. The fourth-order valence-corrected chi connectivity index (χ4v) is 1.08. The molecule has 0 bridgehead atoms. The minimum Gasteiger partial charge on any atom is -0.512 e. The van der Waals surface area contributed by atoms with Crippen molar-refractivity contribution in [1.82, 2.24) is 4.90 Å². The van der Waals surface area contributed by atoms with Crippen molar-refractivity contribution in [3.05, 3.63) is 11.3 Å². The molecule has 62 valence electrons. The van der Waals surface area contributed by atoms with Crippen molar-refractivity contribution in [2.75, 3.05) is 20.1 Å². The zero-order valence-corrected chi connectivity index (χ0v) is 6.37. The third kappa shape index (κ3) is 1.71. The molecule has 0 radical (unpaired) electrons. The Morgan fingerprint density at radius 2 is 2.27 bits per heavy atom. The van der Waals surface area contributed by atoms with Crippen molar-refractivity contribution in [3.63, 3.8) is 0 Å². The summed E-state index contributed by atoms with van der Waals surface area (Å²) < 4.78 is 0. The van der Waals surface area contributed by atoms with E-state index in [9.17, 15) is 4.79 Å². The van der Waals surface area contributed by atoms with Gasteiger partial charge in [0.1, 0.15) is 5.76 Å². The highest BCUT2D eigenvalue weighted by Crippen LogP contribution is 2.13. The van der Waals surface area contributed by atoms with Crippen molar-refractivity contribution < 1.29 is 15.0 Å². The second-order valence-electron chi connectivity index (χ2n) is 2.72. The van der Waals surface area contributed by atoms with Crippen LogP contribution >= 0.6 is 0 Å². The van der Waals surface area contributed by atoms with Crippen molar-refractivity contribution in [1.29, 1.82) is 0 Å². The average molecular weight is 157 g/mol. The fraction of sp³-hybridized carbons (Fsp3) is 0.571. The molecule has 4 nitrogen and oxygen atoms in total. The summed E-state index contributed by atoms with van der Waals surface area (Å²) in [6.07, 6.45) is 0.443. The number of carbonyl (C=O) groups is 1. The third-order valence-corrected chi connectivity index (χ3v) is 1.76. The second-order valence-corrected chi connectivity index (χ2v) is 2.72. The molecular weight excluding hydrogens is 146 g/mol. The Balaban J connectivity index is 2.80. The lowest BCUT2D eigenvalue weighted by Gasteiger charge is -2.22. The van der Waals surface area contributed by atoms with Gasteiger partial charge in [-0.3, -0.25) is 0 Å². The number of carboxylic acid groups (broad SMARTS) is 1. The first-order valence-corrected chi connectivity index (χ1v) is 3.44. The molecule has 1 heterocycles. The predicted molar refractivity (Wildman–Crippen MR) is 39.4 cm³/mol. The van der Waals surface area contributed by atoms with Crippen LogP contribution in [0, 0.1) is 0 Å². The van der Waals surface area contributed by atoms with Gasteiger partial charge in [0, 0.05) is 19.5 Å². The van der Waals surface area contributed by atoms with Crippen LogP contribution in [0.5, 0.6) is 0 Å². The van der Waals surface area contributed by atoms with Gasteiger partial charge in [0.05, 0.1) is 5.57 Å². The van der Waals surface area contributed by atoms with Crippen molar-refractivity contribution in [3.8, 4) is 0 Å². The summed E-state index contributed by atoms with van der Waals surface area (Å²) in [5.74, 6) is -0.996. The molecule has 0 fully saturated rings. The first-order valence-electron chi connectivity index (χ1n) is 3.44. The Morgan fingerprint density at radius 3 is 2.73 bits per heavy atom. The Kier molecular flexibility index (Phi) is 2.14. The van der Waals surface area contributed by atoms with E-state index < -0.39 is 5.97 Å². The molecule has 0 saturated heterocycles. The summed E-state index contributed by atoms with van der Waals surface area (Å²) in [5, 5.41) is 17.7. The number of carboxylic acids is 1. The van der Waals surface area contributed by atoms with E-state index in [0.717, 1.165) is 6.54 Å². The maximum atomic E-state index is 10.5. The molecule has 1 aliphatic rings. The van der Waals surface area contributed by atoms with Gasteiger partial charge < -0.3 is 15.1 Å². The van der Waals surface area contributed by atoms with Crippen molar-refractivity contribution >= 4 is 5.97 Å². The lowest BCUT2D eigenvalue weighted by atomic mass is 10.1. The van der Waals surface area contributed by atoms with Crippen LogP contribution < -0.4 is 0 Å². The molecule has 0 aromatic rings. The van der Waals surface area contributed by atoms with Crippen LogP contribution in [0.15, 0.2) is 11.3 Å². The highest BCUT2D eigenvalue weighted by atomic mass is 16.4. The predicted octanol–water partition coefficient (Wildman–Crippen LogP) is 0.219. The van der Waals surface area contributed by atoms with Crippen molar-refractivity contribution in [2.45, 2.75) is 6.42 Å². The smallest absolute Gasteiger partial charge is 0.336 e. The van der Waals surface area contributed by atoms with Gasteiger partial charge in [0.2, 0.25) is 0 Å². The Labute approximate surface area is 64.7 Å². The number of aliphatic hydroxyl groups is 1. The molecule has 0 spiro atoms. The number of aliphatic hydroxyl groups excluding tert-OH is 1. The maximum Gasteiger partial charge on any atom is 0.336 e. The van der Waals surface area contributed by atoms with Crippen LogP contribution in [0.1, 0.15) is 6.42 Å². The summed E-state index contributed by atoms with van der Waals surface area (Å²) >= 11 is 0. The number of hydrogen-bond donors (Lipinski definition) is 2. The Hall–Kier alpha value is -1.03. The third-order valence-electron chi connectivity index (χ3n) is 1.76. The van der Waals surface area contributed by atoms with Crippen LogP contribution in [0.2, 0.25) is 0 Å². The van der Waals surface area contributed by atoms with Gasteiger partial charge in [-0.15, -0.1) is 0 Å². The number of likely N-dealkylation sites (N-methyl/N-ethyl adjacent to an activating group) is 1. The molecule has 0 aliphatic carbocycles. The summed E-state index contributed by atoms with van der Waals surface area (Å²) in [6, 6.07) is 0. The molecule has 0 aromatic heterocycles. The second kappa shape index (κ2) is 2.92. The minimum atomic E-state index is -1.02. The van der Waals surface area contributed by atoms with Gasteiger partial charge in [-0.1, -0.05) is 0 Å². The molecule has 0 unspecified atom stereocenters. The molecule has 11 heavy (non-hydrogen) atoms. The quantitative estimate of drug-likeness (QED) is 0.571. The van der Waals surface area contributed by atoms with Crippen LogP contribution in [0.25, 0.3) is 0 Å². The average Bonchev–Trinajstić information content (AvgIpc) is 1.94. The van der Waals surface area contributed by atoms with Crippen LogP contribution in [-0.4, -0.2) is 41.2 Å². The minimum absolute atomic E-state index is 0.0237. The topological polar surface area (TPSA) is 60.8 Å². The first-order chi connectivity index (χ1) is 5.11. The van der Waals surface area contributed by atoms with E-state index in [1.54, 1.807) is 0 Å². The van der Waals surface area contributed by atoms with Gasteiger partial charge in [-0.25, -0.2) is 4.79 Å². The highest BCUT2D eigenvalue weighted by Gasteiger charge is 2.20. The largest absolute Gasteiger partial charge is 0.512 e. The zero-order chi connectivity index (χ0) is 8.43. The van der Waals surface area contributed by atoms with E-state index in [-0.39, 0.29) is 11.3 Å². The Bertz CT molecular complexity index is 210. The van der Waals surface area contributed by atoms with E-state index >= 15 is 0 Å². The van der Waals surface area contributed by atoms with Gasteiger partial charge in [-0.2, -0.15) is 0 Å². The number of nitrogens with zero attached hydrogens (tertiary/aromatic N) is 1. The zero-order valence-electron chi connectivity index (χ0n) is 6.37. The molecule has 0 aromatic carbocycles. The lowest BCUT2D eigenvalue weighted by Crippen LogP contribution is -2.30. The van der Waals surface area contributed by atoms with Crippen LogP contribution in [-0.2, 0) is 4.79 Å². The summed E-state index contributed by atoms with van der Waals surface area (Å²) in [4.78, 5) is 12.3. The standard InChI is InChI=1S/C7H11NO3/c1-8-3-2-6(9)5(4-8)7(10)11/h9H,2-4H2,1H3,(H,10,11). The molecule has 0 atom stereocenters. The SMILES string of the molecule is CN1CCC(O)=C(C(=O)O)C1. The van der Waals surface area contributed by atoms with Gasteiger partial charge >= 0.3 is 5.97 Å². The molecule has 0 saturated carbocycles. The van der Waals surface area contributed by atoms with Gasteiger partial charge in [0.15, 0.2) is 0 Å². The molecule has 4 heteroatoms. The first kappa shape index (κ1) is 8.07. The highest BCUT2D eigenvalue weighted by molar-refractivity contribution is 5.87. The van der Waals surface area contributed by atoms with E-state index in [2.05, 4.69) is 0 Å². The number of hydrogen-bond acceptors (Lipinski definition) is 3. The number of aliphatic carboxylic acids is 1. The maximum absolute atomic E-state index is 10.5. The molecule has 1 rings (SSSR count). The van der Waals surface area contributed by atoms with Crippen LogP contribution in [0.3, 0.4) is 0 Å². The fourth-order valence-electron chi connectivity index (χ4n) is 1.08. The van der Waals surface area contributed by atoms with Gasteiger partial charge in [-0.05, 0) is 7.05 Å². The van der Waals surface area contributed by atoms with E-state index in [1.807, 2.05) is 11.9 Å². The van der Waals surface area contributed by atoms with Crippen LogP contribution in [0.4, 0.5) is 0 Å². The van der Waals surface area contributed by atoms with Crippen molar-refractivity contribution in [2.24, 2.45) is 0 Å². The van der Waals surface area contributed by atoms with E-state index in [0.29, 0.717) is 13.0 Å². The molecule has 1 aliphatic heterocycles. The monoisotopic (exact) mass is 157 g/mol. The normalized spacial score (nSPS) is 20.5.